The Kier molecular flexibility index (Phi) is 6.12. The molecule has 0 heterocycles. The van der Waals surface area contributed by atoms with Crippen LogP contribution in [-0.2, 0) is 4.79 Å². The maximum atomic E-state index is 11.5. The van der Waals surface area contributed by atoms with E-state index in [0.717, 1.165) is 0 Å². The van der Waals surface area contributed by atoms with Gasteiger partial charge in [-0.3, -0.25) is 19.7 Å². The van der Waals surface area contributed by atoms with Gasteiger partial charge in [-0.05, 0) is 19.1 Å². The van der Waals surface area contributed by atoms with Crippen molar-refractivity contribution in [2.45, 2.75) is 13.3 Å². The number of carbonyl (C=O) groups is 2. The van der Waals surface area contributed by atoms with Crippen LogP contribution in [0.5, 0.6) is 0 Å². The van der Waals surface area contributed by atoms with Gasteiger partial charge in [0.15, 0.2) is 0 Å². The summed E-state index contributed by atoms with van der Waals surface area (Å²) in [6, 6.07) is 4.15. The SMILES string of the molecule is CCNC(=O)CCNc1ccc(C(=O)NC)cc1[N+](=O)[O-]. The molecule has 0 aliphatic heterocycles. The van der Waals surface area contributed by atoms with E-state index in [1.165, 1.54) is 25.2 Å². The molecule has 8 nitrogen and oxygen atoms in total. The topological polar surface area (TPSA) is 113 Å². The Morgan fingerprint density at radius 2 is 2.05 bits per heavy atom. The molecule has 0 bridgehead atoms. The van der Waals surface area contributed by atoms with E-state index in [4.69, 9.17) is 0 Å². The third kappa shape index (κ3) is 4.75. The molecule has 0 saturated carbocycles. The van der Waals surface area contributed by atoms with Crippen molar-refractivity contribution in [2.24, 2.45) is 0 Å². The van der Waals surface area contributed by atoms with Crippen molar-refractivity contribution in [1.29, 1.82) is 0 Å². The first-order valence-electron chi connectivity index (χ1n) is 6.50. The lowest BCUT2D eigenvalue weighted by Gasteiger charge is -2.08. The quantitative estimate of drug-likeness (QED) is 0.510. The summed E-state index contributed by atoms with van der Waals surface area (Å²) in [7, 11) is 1.45. The first kappa shape index (κ1) is 16.4. The van der Waals surface area contributed by atoms with Gasteiger partial charge in [0, 0.05) is 38.2 Å². The van der Waals surface area contributed by atoms with Crippen molar-refractivity contribution < 1.29 is 14.5 Å². The number of nitro groups is 1. The van der Waals surface area contributed by atoms with Gasteiger partial charge >= 0.3 is 0 Å². The first-order chi connectivity index (χ1) is 9.99. The van der Waals surface area contributed by atoms with Gasteiger partial charge in [-0.15, -0.1) is 0 Å². The number of carbonyl (C=O) groups excluding carboxylic acids is 2. The van der Waals surface area contributed by atoms with E-state index >= 15 is 0 Å². The van der Waals surface area contributed by atoms with Crippen molar-refractivity contribution in [2.75, 3.05) is 25.5 Å². The van der Waals surface area contributed by atoms with Crippen LogP contribution in [0.1, 0.15) is 23.7 Å². The molecule has 1 rings (SSSR count). The Bertz CT molecular complexity index is 545. The number of benzene rings is 1. The fraction of sp³-hybridized carbons (Fsp3) is 0.385. The van der Waals surface area contributed by atoms with Crippen LogP contribution >= 0.6 is 0 Å². The molecule has 0 unspecified atom stereocenters. The van der Waals surface area contributed by atoms with Gasteiger partial charge in [0.25, 0.3) is 11.6 Å². The summed E-state index contributed by atoms with van der Waals surface area (Å²) < 4.78 is 0. The minimum absolute atomic E-state index is 0.130. The number of hydrogen-bond acceptors (Lipinski definition) is 5. The predicted molar refractivity (Wildman–Crippen MR) is 78.3 cm³/mol. The lowest BCUT2D eigenvalue weighted by atomic mass is 10.1. The number of nitrogens with one attached hydrogen (secondary N) is 3. The molecule has 1 aromatic rings. The van der Waals surface area contributed by atoms with Crippen LogP contribution < -0.4 is 16.0 Å². The second-order valence-electron chi connectivity index (χ2n) is 4.20. The number of nitro benzene ring substituents is 1. The fourth-order valence-electron chi connectivity index (χ4n) is 1.71. The summed E-state index contributed by atoms with van der Waals surface area (Å²) in [6.07, 6.45) is 0.211. The summed E-state index contributed by atoms with van der Waals surface area (Å²) in [5.74, 6) is -0.526. The largest absolute Gasteiger partial charge is 0.379 e. The highest BCUT2D eigenvalue weighted by atomic mass is 16.6. The van der Waals surface area contributed by atoms with Crippen molar-refractivity contribution in [3.63, 3.8) is 0 Å². The Labute approximate surface area is 122 Å². The number of nitrogens with zero attached hydrogens (tertiary/aromatic N) is 1. The van der Waals surface area contributed by atoms with Crippen LogP contribution in [0.2, 0.25) is 0 Å². The average molecular weight is 294 g/mol. The summed E-state index contributed by atoms with van der Waals surface area (Å²) in [5, 5.41) is 18.9. The highest BCUT2D eigenvalue weighted by Crippen LogP contribution is 2.25. The number of hydrogen-bond donors (Lipinski definition) is 3. The van der Waals surface area contributed by atoms with E-state index in [1.54, 1.807) is 0 Å². The molecule has 21 heavy (non-hydrogen) atoms. The molecule has 0 aliphatic carbocycles. The zero-order valence-corrected chi connectivity index (χ0v) is 11.9. The lowest BCUT2D eigenvalue weighted by molar-refractivity contribution is -0.384. The molecule has 0 spiro atoms. The summed E-state index contributed by atoms with van der Waals surface area (Å²) >= 11 is 0. The van der Waals surface area contributed by atoms with E-state index in [9.17, 15) is 19.7 Å². The van der Waals surface area contributed by atoms with E-state index in [2.05, 4.69) is 16.0 Å². The highest BCUT2D eigenvalue weighted by molar-refractivity contribution is 5.95. The van der Waals surface area contributed by atoms with Gasteiger partial charge in [0.2, 0.25) is 5.91 Å². The standard InChI is InChI=1S/C13H18N4O4/c1-3-15-12(18)6-7-16-10-5-4-9(13(19)14-2)8-11(10)17(20)21/h4-5,8,16H,3,6-7H2,1-2H3,(H,14,19)(H,15,18). The zero-order valence-electron chi connectivity index (χ0n) is 11.9. The summed E-state index contributed by atoms with van der Waals surface area (Å²) in [4.78, 5) is 33.2. The molecule has 3 N–H and O–H groups in total. The van der Waals surface area contributed by atoms with Crippen molar-refractivity contribution >= 4 is 23.2 Å². The van der Waals surface area contributed by atoms with E-state index in [0.29, 0.717) is 6.54 Å². The van der Waals surface area contributed by atoms with Crippen LogP contribution in [0.15, 0.2) is 18.2 Å². The van der Waals surface area contributed by atoms with Crippen LogP contribution in [0, 0.1) is 10.1 Å². The molecule has 8 heteroatoms. The van der Waals surface area contributed by atoms with E-state index in [1.807, 2.05) is 6.92 Å². The first-order valence-corrected chi connectivity index (χ1v) is 6.50. The molecule has 0 saturated heterocycles. The van der Waals surface area contributed by atoms with Gasteiger partial charge < -0.3 is 16.0 Å². The van der Waals surface area contributed by atoms with Gasteiger partial charge in [-0.25, -0.2) is 0 Å². The number of anilines is 1. The third-order valence-electron chi connectivity index (χ3n) is 2.73. The fourth-order valence-corrected chi connectivity index (χ4v) is 1.71. The van der Waals surface area contributed by atoms with Gasteiger partial charge in [0.05, 0.1) is 4.92 Å². The minimum atomic E-state index is -0.569. The van der Waals surface area contributed by atoms with E-state index in [-0.39, 0.29) is 35.8 Å². The molecule has 114 valence electrons. The number of amides is 2. The van der Waals surface area contributed by atoms with Gasteiger partial charge in [-0.1, -0.05) is 0 Å². The Balaban J connectivity index is 2.80. The Hall–Kier alpha value is -2.64. The normalized spacial score (nSPS) is 9.81. The van der Waals surface area contributed by atoms with E-state index < -0.39 is 10.8 Å². The predicted octanol–water partition coefficient (Wildman–Crippen LogP) is 0.892. The zero-order chi connectivity index (χ0) is 15.8. The van der Waals surface area contributed by atoms with Crippen molar-refractivity contribution in [3.05, 3.63) is 33.9 Å². The van der Waals surface area contributed by atoms with Gasteiger partial charge in [-0.2, -0.15) is 0 Å². The maximum Gasteiger partial charge on any atom is 0.293 e. The highest BCUT2D eigenvalue weighted by Gasteiger charge is 2.17. The van der Waals surface area contributed by atoms with Crippen LogP contribution in [0.25, 0.3) is 0 Å². The average Bonchev–Trinajstić information content (AvgIpc) is 2.46. The molecule has 0 radical (unpaired) electrons. The second-order valence-corrected chi connectivity index (χ2v) is 4.20. The lowest BCUT2D eigenvalue weighted by Crippen LogP contribution is -2.24. The van der Waals surface area contributed by atoms with Crippen LogP contribution in [0.4, 0.5) is 11.4 Å². The van der Waals surface area contributed by atoms with Crippen LogP contribution in [0.3, 0.4) is 0 Å². The molecule has 0 aromatic heterocycles. The van der Waals surface area contributed by atoms with Gasteiger partial charge in [0.1, 0.15) is 5.69 Å². The number of rotatable bonds is 7. The molecular weight excluding hydrogens is 276 g/mol. The van der Waals surface area contributed by atoms with Crippen LogP contribution in [-0.4, -0.2) is 36.9 Å². The molecular formula is C13H18N4O4. The second kappa shape index (κ2) is 7.83. The maximum absolute atomic E-state index is 11.5. The minimum Gasteiger partial charge on any atom is -0.379 e. The Morgan fingerprint density at radius 3 is 2.62 bits per heavy atom. The van der Waals surface area contributed by atoms with Crippen molar-refractivity contribution in [1.82, 2.24) is 10.6 Å². The molecule has 2 amide bonds. The molecule has 1 aromatic carbocycles. The monoisotopic (exact) mass is 294 g/mol. The summed E-state index contributed by atoms with van der Waals surface area (Å²) in [6.45, 7) is 2.62. The van der Waals surface area contributed by atoms with Crippen molar-refractivity contribution in [3.8, 4) is 0 Å². The Morgan fingerprint density at radius 1 is 1.33 bits per heavy atom. The molecule has 0 fully saturated rings. The third-order valence-corrected chi connectivity index (χ3v) is 2.73. The molecule has 0 atom stereocenters. The summed E-state index contributed by atoms with van der Waals surface area (Å²) in [5.41, 5.74) is 0.280. The molecule has 0 aliphatic rings. The smallest absolute Gasteiger partial charge is 0.293 e.